The predicted octanol–water partition coefficient (Wildman–Crippen LogP) is 4.38. The third-order valence-electron chi connectivity index (χ3n) is 3.70. The quantitative estimate of drug-likeness (QED) is 0.828. The van der Waals surface area contributed by atoms with E-state index < -0.39 is 0 Å². The number of halogens is 1. The molecular weight excluding hydrogens is 310 g/mol. The SMILES string of the molecule is CNCC(Cc1ccc(Br)cc1)Cc1ccccc1C. The van der Waals surface area contributed by atoms with Gasteiger partial charge in [-0.25, -0.2) is 0 Å². The van der Waals surface area contributed by atoms with Gasteiger partial charge in [0.2, 0.25) is 0 Å². The Morgan fingerprint density at radius 3 is 2.35 bits per heavy atom. The van der Waals surface area contributed by atoms with E-state index in [1.54, 1.807) is 0 Å². The zero-order chi connectivity index (χ0) is 14.4. The van der Waals surface area contributed by atoms with E-state index in [9.17, 15) is 0 Å². The van der Waals surface area contributed by atoms with E-state index in [2.05, 4.69) is 76.7 Å². The molecule has 0 saturated carbocycles. The van der Waals surface area contributed by atoms with E-state index in [0.717, 1.165) is 23.9 Å². The van der Waals surface area contributed by atoms with Gasteiger partial charge in [-0.15, -0.1) is 0 Å². The lowest BCUT2D eigenvalue weighted by molar-refractivity contribution is 0.492. The number of hydrogen-bond acceptors (Lipinski definition) is 1. The van der Waals surface area contributed by atoms with Crippen molar-refractivity contribution < 1.29 is 0 Å². The maximum atomic E-state index is 3.49. The van der Waals surface area contributed by atoms with Crippen LogP contribution in [0, 0.1) is 12.8 Å². The smallest absolute Gasteiger partial charge is 0.0175 e. The van der Waals surface area contributed by atoms with Gasteiger partial charge in [-0.2, -0.15) is 0 Å². The van der Waals surface area contributed by atoms with Crippen molar-refractivity contribution in [3.05, 3.63) is 69.7 Å². The van der Waals surface area contributed by atoms with E-state index in [1.165, 1.54) is 16.7 Å². The summed E-state index contributed by atoms with van der Waals surface area (Å²) in [5.74, 6) is 0.627. The molecule has 0 heterocycles. The van der Waals surface area contributed by atoms with Crippen molar-refractivity contribution >= 4 is 15.9 Å². The molecule has 0 bridgehead atoms. The van der Waals surface area contributed by atoms with E-state index in [-0.39, 0.29) is 0 Å². The number of rotatable bonds is 6. The highest BCUT2D eigenvalue weighted by Crippen LogP contribution is 2.18. The molecule has 0 radical (unpaired) electrons. The highest BCUT2D eigenvalue weighted by molar-refractivity contribution is 9.10. The van der Waals surface area contributed by atoms with Crippen LogP contribution in [0.15, 0.2) is 53.0 Å². The van der Waals surface area contributed by atoms with Crippen molar-refractivity contribution in [3.8, 4) is 0 Å². The normalized spacial score (nSPS) is 12.3. The van der Waals surface area contributed by atoms with Gasteiger partial charge < -0.3 is 5.32 Å². The molecule has 0 aliphatic rings. The number of nitrogens with one attached hydrogen (secondary N) is 1. The number of hydrogen-bond donors (Lipinski definition) is 1. The molecule has 0 aromatic heterocycles. The first-order valence-corrected chi connectivity index (χ1v) is 7.92. The van der Waals surface area contributed by atoms with Gasteiger partial charge in [0.05, 0.1) is 0 Å². The minimum absolute atomic E-state index is 0.627. The Hall–Kier alpha value is -1.12. The van der Waals surface area contributed by atoms with Crippen molar-refractivity contribution in [2.24, 2.45) is 5.92 Å². The molecule has 0 amide bonds. The van der Waals surface area contributed by atoms with Gasteiger partial charge in [-0.1, -0.05) is 52.3 Å². The van der Waals surface area contributed by atoms with Gasteiger partial charge in [0.15, 0.2) is 0 Å². The summed E-state index contributed by atoms with van der Waals surface area (Å²) in [6, 6.07) is 17.4. The lowest BCUT2D eigenvalue weighted by Crippen LogP contribution is -2.23. The Bertz CT molecular complexity index is 533. The highest BCUT2D eigenvalue weighted by Gasteiger charge is 2.11. The summed E-state index contributed by atoms with van der Waals surface area (Å²) < 4.78 is 1.14. The molecule has 2 heteroatoms. The molecule has 2 aromatic rings. The van der Waals surface area contributed by atoms with Crippen LogP contribution in [0.25, 0.3) is 0 Å². The standard InChI is InChI=1S/C18H22BrN/c1-14-5-3-4-6-17(14)12-16(13-20-2)11-15-7-9-18(19)10-8-15/h3-10,16,20H,11-13H2,1-2H3. The third kappa shape index (κ3) is 4.46. The fourth-order valence-corrected chi connectivity index (χ4v) is 2.87. The Morgan fingerprint density at radius 2 is 1.70 bits per heavy atom. The zero-order valence-electron chi connectivity index (χ0n) is 12.2. The second-order valence-corrected chi connectivity index (χ2v) is 6.30. The average molecular weight is 332 g/mol. The lowest BCUT2D eigenvalue weighted by atomic mass is 9.91. The molecule has 1 nitrogen and oxygen atoms in total. The molecule has 2 rings (SSSR count). The summed E-state index contributed by atoms with van der Waals surface area (Å²) in [6.45, 7) is 3.25. The van der Waals surface area contributed by atoms with Gasteiger partial charge in [-0.05, 0) is 68.1 Å². The third-order valence-corrected chi connectivity index (χ3v) is 4.23. The monoisotopic (exact) mass is 331 g/mol. The van der Waals surface area contributed by atoms with Crippen LogP contribution < -0.4 is 5.32 Å². The molecule has 0 fully saturated rings. The second kappa shape index (κ2) is 7.61. The summed E-state index contributed by atoms with van der Waals surface area (Å²) in [6.07, 6.45) is 2.24. The minimum Gasteiger partial charge on any atom is -0.319 e. The number of benzene rings is 2. The Labute approximate surface area is 130 Å². The largest absolute Gasteiger partial charge is 0.319 e. The fourth-order valence-electron chi connectivity index (χ4n) is 2.61. The van der Waals surface area contributed by atoms with Crippen LogP contribution in [0.5, 0.6) is 0 Å². The van der Waals surface area contributed by atoms with Gasteiger partial charge >= 0.3 is 0 Å². The first kappa shape index (κ1) is 15.3. The summed E-state index contributed by atoms with van der Waals surface area (Å²) in [5.41, 5.74) is 4.26. The van der Waals surface area contributed by atoms with E-state index >= 15 is 0 Å². The summed E-state index contributed by atoms with van der Waals surface area (Å²) in [5, 5.41) is 3.33. The Kier molecular flexibility index (Phi) is 5.81. The first-order chi connectivity index (χ1) is 9.69. The molecule has 0 aliphatic carbocycles. The predicted molar refractivity (Wildman–Crippen MR) is 90.1 cm³/mol. The summed E-state index contributed by atoms with van der Waals surface area (Å²) >= 11 is 3.49. The minimum atomic E-state index is 0.627. The first-order valence-electron chi connectivity index (χ1n) is 7.12. The molecule has 1 unspecified atom stereocenters. The summed E-state index contributed by atoms with van der Waals surface area (Å²) in [4.78, 5) is 0. The maximum absolute atomic E-state index is 3.49. The van der Waals surface area contributed by atoms with Crippen LogP contribution in [0.2, 0.25) is 0 Å². The van der Waals surface area contributed by atoms with Crippen molar-refractivity contribution in [2.45, 2.75) is 19.8 Å². The van der Waals surface area contributed by atoms with Gasteiger partial charge in [0, 0.05) is 4.47 Å². The van der Waals surface area contributed by atoms with Crippen molar-refractivity contribution in [3.63, 3.8) is 0 Å². The Morgan fingerprint density at radius 1 is 1.00 bits per heavy atom. The molecule has 1 atom stereocenters. The molecule has 2 aromatic carbocycles. The van der Waals surface area contributed by atoms with Gasteiger partial charge in [0.1, 0.15) is 0 Å². The molecule has 0 spiro atoms. The maximum Gasteiger partial charge on any atom is 0.0175 e. The molecule has 1 N–H and O–H groups in total. The van der Waals surface area contributed by atoms with Crippen LogP contribution in [0.4, 0.5) is 0 Å². The van der Waals surface area contributed by atoms with Gasteiger partial charge in [-0.3, -0.25) is 0 Å². The topological polar surface area (TPSA) is 12.0 Å². The average Bonchev–Trinajstić information content (AvgIpc) is 2.44. The summed E-state index contributed by atoms with van der Waals surface area (Å²) in [7, 11) is 2.03. The van der Waals surface area contributed by atoms with E-state index in [4.69, 9.17) is 0 Å². The fraction of sp³-hybridized carbons (Fsp3) is 0.333. The van der Waals surface area contributed by atoms with Gasteiger partial charge in [0.25, 0.3) is 0 Å². The van der Waals surface area contributed by atoms with Crippen molar-refractivity contribution in [1.82, 2.24) is 5.32 Å². The molecular formula is C18H22BrN. The molecule has 0 aliphatic heterocycles. The molecule has 106 valence electrons. The number of aryl methyl sites for hydroxylation is 1. The van der Waals surface area contributed by atoms with E-state index in [1.807, 2.05) is 7.05 Å². The second-order valence-electron chi connectivity index (χ2n) is 5.38. The van der Waals surface area contributed by atoms with Crippen LogP contribution in [-0.4, -0.2) is 13.6 Å². The zero-order valence-corrected chi connectivity index (χ0v) is 13.8. The highest BCUT2D eigenvalue weighted by atomic mass is 79.9. The molecule has 0 saturated heterocycles. The van der Waals surface area contributed by atoms with Crippen molar-refractivity contribution in [1.29, 1.82) is 0 Å². The van der Waals surface area contributed by atoms with Crippen LogP contribution >= 0.6 is 15.9 Å². The molecule has 20 heavy (non-hydrogen) atoms. The van der Waals surface area contributed by atoms with Crippen molar-refractivity contribution in [2.75, 3.05) is 13.6 Å². The lowest BCUT2D eigenvalue weighted by Gasteiger charge is -2.18. The van der Waals surface area contributed by atoms with Crippen LogP contribution in [0.1, 0.15) is 16.7 Å². The van der Waals surface area contributed by atoms with E-state index in [0.29, 0.717) is 5.92 Å². The Balaban J connectivity index is 2.07. The van der Waals surface area contributed by atoms with Crippen LogP contribution in [0.3, 0.4) is 0 Å². The van der Waals surface area contributed by atoms with Crippen LogP contribution in [-0.2, 0) is 12.8 Å².